The van der Waals surface area contributed by atoms with E-state index in [1.165, 1.54) is 4.90 Å². The predicted molar refractivity (Wildman–Crippen MR) is 151 cm³/mol. The fraction of sp³-hybridized carbons (Fsp3) is 0.655. The van der Waals surface area contributed by atoms with E-state index in [0.717, 1.165) is 25.9 Å². The summed E-state index contributed by atoms with van der Waals surface area (Å²) in [6.45, 7) is 6.27. The number of hydrogen-bond acceptors (Lipinski definition) is 10. The highest BCUT2D eigenvalue weighted by atomic mass is 16.6. The molecule has 0 saturated carbocycles. The highest BCUT2D eigenvalue weighted by Gasteiger charge is 2.39. The average Bonchev–Trinajstić information content (AvgIpc) is 3.32. The molecule has 3 aliphatic heterocycles. The number of piperidine rings is 2. The molecule has 1 unspecified atom stereocenters. The zero-order valence-electron chi connectivity index (χ0n) is 24.0. The molecule has 1 aromatic carbocycles. The van der Waals surface area contributed by atoms with Gasteiger partial charge in [-0.25, -0.2) is 0 Å². The van der Waals surface area contributed by atoms with Gasteiger partial charge >= 0.3 is 0 Å². The molecule has 0 aromatic heterocycles. The Labute approximate surface area is 245 Å². The van der Waals surface area contributed by atoms with Crippen LogP contribution in [0.4, 0.5) is 5.69 Å². The van der Waals surface area contributed by atoms with Crippen molar-refractivity contribution >= 4 is 29.3 Å². The predicted octanol–water partition coefficient (Wildman–Crippen LogP) is 0.611. The van der Waals surface area contributed by atoms with Crippen molar-refractivity contribution in [1.29, 1.82) is 0 Å². The second-order valence-electron chi connectivity index (χ2n) is 10.3. The monoisotopic (exact) mass is 590 g/mol. The lowest BCUT2D eigenvalue weighted by Gasteiger charge is -2.29. The lowest BCUT2D eigenvalue weighted by atomic mass is 10.0. The molecule has 13 heteroatoms. The largest absolute Gasteiger partial charge is 0.379 e. The third kappa shape index (κ3) is 9.82. The molecule has 232 valence electrons. The Hall–Kier alpha value is -2.94. The minimum atomic E-state index is -0.707. The van der Waals surface area contributed by atoms with Gasteiger partial charge in [-0.1, -0.05) is 6.07 Å². The van der Waals surface area contributed by atoms with Crippen LogP contribution in [0.2, 0.25) is 0 Å². The van der Waals surface area contributed by atoms with Gasteiger partial charge in [-0.05, 0) is 44.5 Å². The van der Waals surface area contributed by atoms with Gasteiger partial charge in [-0.2, -0.15) is 0 Å². The average molecular weight is 591 g/mol. The molecule has 4 rings (SSSR count). The number of ether oxygens (including phenoxy) is 5. The van der Waals surface area contributed by atoms with Crippen LogP contribution in [0.15, 0.2) is 18.2 Å². The summed E-state index contributed by atoms with van der Waals surface area (Å²) in [6, 6.07) is 4.39. The molecule has 2 saturated heterocycles. The van der Waals surface area contributed by atoms with Gasteiger partial charge in [0.05, 0.1) is 72.0 Å². The third-order valence-corrected chi connectivity index (χ3v) is 7.31. The van der Waals surface area contributed by atoms with Crippen LogP contribution < -0.4 is 16.0 Å². The Morgan fingerprint density at radius 3 is 2.17 bits per heavy atom. The summed E-state index contributed by atoms with van der Waals surface area (Å²) >= 11 is 0. The summed E-state index contributed by atoms with van der Waals surface area (Å²) in [5, 5.41) is 8.45. The minimum absolute atomic E-state index is 0.139. The van der Waals surface area contributed by atoms with Crippen LogP contribution in [0.3, 0.4) is 0 Å². The molecule has 0 radical (unpaired) electrons. The number of fused-ring (bicyclic) bond motifs is 1. The molecule has 1 aromatic rings. The third-order valence-electron chi connectivity index (χ3n) is 7.31. The maximum Gasteiger partial charge on any atom is 0.255 e. The Morgan fingerprint density at radius 1 is 0.857 bits per heavy atom. The first kappa shape index (κ1) is 32.0. The fourth-order valence-corrected chi connectivity index (χ4v) is 5.08. The van der Waals surface area contributed by atoms with Crippen LogP contribution in [0.1, 0.15) is 48.0 Å². The normalized spacial score (nSPS) is 19.2. The molecular formula is C29H42N4O9. The van der Waals surface area contributed by atoms with Crippen LogP contribution in [0.5, 0.6) is 0 Å². The van der Waals surface area contributed by atoms with Gasteiger partial charge in [0.2, 0.25) is 17.7 Å². The van der Waals surface area contributed by atoms with E-state index >= 15 is 0 Å². The molecule has 0 spiro atoms. The van der Waals surface area contributed by atoms with E-state index in [4.69, 9.17) is 23.7 Å². The Morgan fingerprint density at radius 2 is 1.50 bits per heavy atom. The Bertz CT molecular complexity index is 1060. The van der Waals surface area contributed by atoms with Crippen LogP contribution in [0.25, 0.3) is 0 Å². The molecule has 3 heterocycles. The number of carbonyl (C=O) groups is 4. The van der Waals surface area contributed by atoms with Crippen molar-refractivity contribution in [3.05, 3.63) is 29.3 Å². The number of nitrogens with zero attached hydrogens (tertiary/aromatic N) is 1. The number of rotatable bonds is 18. The van der Waals surface area contributed by atoms with Crippen LogP contribution in [-0.2, 0) is 44.6 Å². The standard InChI is InChI=1S/C29H42N4O9/c34-26-5-4-25(28(36)32-26)33-20-23-22(29(33)37)2-1-3-24(23)31-27(35)8-11-38-12-13-39-14-15-40-16-17-41-18-19-42-21-6-9-30-10-7-21/h1-3,21,25,30H,4-20H2,(H,31,35)(H,32,34,36). The number of amides is 4. The number of anilines is 1. The van der Waals surface area contributed by atoms with E-state index < -0.39 is 11.9 Å². The van der Waals surface area contributed by atoms with Gasteiger partial charge in [0.15, 0.2) is 0 Å². The van der Waals surface area contributed by atoms with E-state index in [1.54, 1.807) is 18.2 Å². The highest BCUT2D eigenvalue weighted by molar-refractivity contribution is 6.06. The van der Waals surface area contributed by atoms with Crippen LogP contribution in [-0.4, -0.2) is 113 Å². The zero-order valence-corrected chi connectivity index (χ0v) is 24.0. The highest BCUT2D eigenvalue weighted by Crippen LogP contribution is 2.32. The van der Waals surface area contributed by atoms with Gasteiger partial charge in [0.25, 0.3) is 5.91 Å². The SMILES string of the molecule is O=C1CCC(N2Cc3c(NC(=O)CCOCCOCCOCCOCCOC4CCNCC4)cccc3C2=O)C(=O)N1. The zero-order chi connectivity index (χ0) is 29.6. The van der Waals surface area contributed by atoms with E-state index in [-0.39, 0.29) is 50.1 Å². The first-order valence-electron chi connectivity index (χ1n) is 14.7. The van der Waals surface area contributed by atoms with Crippen molar-refractivity contribution in [3.63, 3.8) is 0 Å². The van der Waals surface area contributed by atoms with Crippen LogP contribution >= 0.6 is 0 Å². The van der Waals surface area contributed by atoms with Gasteiger partial charge in [0, 0.05) is 29.8 Å². The van der Waals surface area contributed by atoms with E-state index in [1.807, 2.05) is 0 Å². The summed E-state index contributed by atoms with van der Waals surface area (Å²) in [4.78, 5) is 50.6. The van der Waals surface area contributed by atoms with Crippen molar-refractivity contribution in [3.8, 4) is 0 Å². The maximum atomic E-state index is 12.9. The summed E-state index contributed by atoms with van der Waals surface area (Å²) < 4.78 is 27.8. The summed E-state index contributed by atoms with van der Waals surface area (Å²) in [5.74, 6) is -1.34. The van der Waals surface area contributed by atoms with Gasteiger partial charge in [0.1, 0.15) is 6.04 Å². The molecule has 2 fully saturated rings. The number of imide groups is 1. The Kier molecular flexibility index (Phi) is 13.1. The topological polar surface area (TPSA) is 154 Å². The molecule has 4 amide bonds. The minimum Gasteiger partial charge on any atom is -0.379 e. The van der Waals surface area contributed by atoms with Crippen molar-refractivity contribution in [2.45, 2.75) is 50.8 Å². The second-order valence-corrected chi connectivity index (χ2v) is 10.3. The van der Waals surface area contributed by atoms with Crippen molar-refractivity contribution in [1.82, 2.24) is 15.5 Å². The first-order chi connectivity index (χ1) is 20.5. The fourth-order valence-electron chi connectivity index (χ4n) is 5.08. The number of benzene rings is 1. The van der Waals surface area contributed by atoms with E-state index in [2.05, 4.69) is 16.0 Å². The summed E-state index contributed by atoms with van der Waals surface area (Å²) in [5.41, 5.74) is 1.63. The van der Waals surface area contributed by atoms with Crippen molar-refractivity contribution in [2.24, 2.45) is 0 Å². The second kappa shape index (κ2) is 17.2. The molecule has 0 bridgehead atoms. The summed E-state index contributed by atoms with van der Waals surface area (Å²) in [7, 11) is 0. The van der Waals surface area contributed by atoms with Crippen molar-refractivity contribution in [2.75, 3.05) is 77.9 Å². The van der Waals surface area contributed by atoms with Gasteiger partial charge in [-0.15, -0.1) is 0 Å². The molecule has 1 atom stereocenters. The number of nitrogens with one attached hydrogen (secondary N) is 3. The van der Waals surface area contributed by atoms with E-state index in [0.29, 0.717) is 75.8 Å². The van der Waals surface area contributed by atoms with Crippen molar-refractivity contribution < 1.29 is 42.9 Å². The van der Waals surface area contributed by atoms with Gasteiger partial charge in [-0.3, -0.25) is 24.5 Å². The Balaban J connectivity index is 0.997. The first-order valence-corrected chi connectivity index (χ1v) is 14.7. The summed E-state index contributed by atoms with van der Waals surface area (Å²) in [6.07, 6.45) is 3.06. The molecular weight excluding hydrogens is 548 g/mol. The quantitative estimate of drug-likeness (QED) is 0.164. The maximum absolute atomic E-state index is 12.9. The molecule has 42 heavy (non-hydrogen) atoms. The van der Waals surface area contributed by atoms with E-state index in [9.17, 15) is 19.2 Å². The molecule has 13 nitrogen and oxygen atoms in total. The molecule has 3 aliphatic rings. The van der Waals surface area contributed by atoms with Crippen LogP contribution in [0, 0.1) is 0 Å². The lowest BCUT2D eigenvalue weighted by Crippen LogP contribution is -2.52. The smallest absolute Gasteiger partial charge is 0.255 e. The number of hydrogen-bond donors (Lipinski definition) is 3. The molecule has 3 N–H and O–H groups in total. The number of carbonyl (C=O) groups excluding carboxylic acids is 4. The van der Waals surface area contributed by atoms with Gasteiger partial charge < -0.3 is 39.2 Å². The molecule has 0 aliphatic carbocycles. The lowest BCUT2D eigenvalue weighted by molar-refractivity contribution is -0.137.